The van der Waals surface area contributed by atoms with Crippen molar-refractivity contribution in [2.45, 2.75) is 46.0 Å². The number of hydrogen-bond donors (Lipinski definition) is 2. The van der Waals surface area contributed by atoms with Crippen LogP contribution >= 0.6 is 0 Å². The maximum absolute atomic E-state index is 10.0. The summed E-state index contributed by atoms with van der Waals surface area (Å²) in [4.78, 5) is 23.2. The Morgan fingerprint density at radius 1 is 1.17 bits per heavy atom. The van der Waals surface area contributed by atoms with E-state index in [1.165, 1.54) is 12.6 Å². The van der Waals surface area contributed by atoms with Crippen LogP contribution in [0.15, 0.2) is 17.3 Å². The summed E-state index contributed by atoms with van der Waals surface area (Å²) in [6.07, 6.45) is 8.55. The molecular formula is C12H22NNaO4. The number of allylic oxidation sites excluding steroid dienone is 1. The molecule has 100 valence electrons. The third-order valence-corrected chi connectivity index (χ3v) is 1.59. The first-order valence-electron chi connectivity index (χ1n) is 5.64. The van der Waals surface area contributed by atoms with Gasteiger partial charge >= 0.3 is 41.5 Å². The second-order valence-electron chi connectivity index (χ2n) is 3.20. The SMILES string of the molecule is CCC(=O)O.CCCCC=CN=CCC(=O)O.[NaH]. The molecule has 0 aromatic heterocycles. The molecule has 0 rings (SSSR count). The molecule has 0 aromatic rings. The van der Waals surface area contributed by atoms with Crippen molar-refractivity contribution in [1.82, 2.24) is 0 Å². The van der Waals surface area contributed by atoms with Crippen molar-refractivity contribution < 1.29 is 19.8 Å². The molecule has 0 heterocycles. The minimum atomic E-state index is -0.847. The molecule has 2 N–H and O–H groups in total. The van der Waals surface area contributed by atoms with E-state index in [0.29, 0.717) is 0 Å². The number of hydrogen-bond acceptors (Lipinski definition) is 3. The fourth-order valence-corrected chi connectivity index (χ4v) is 0.649. The Morgan fingerprint density at radius 3 is 2.11 bits per heavy atom. The van der Waals surface area contributed by atoms with Gasteiger partial charge in [0, 0.05) is 18.8 Å². The Labute approximate surface area is 130 Å². The van der Waals surface area contributed by atoms with Gasteiger partial charge in [0.2, 0.25) is 0 Å². The fraction of sp³-hybridized carbons (Fsp3) is 0.583. The van der Waals surface area contributed by atoms with Crippen LogP contribution in [-0.4, -0.2) is 57.9 Å². The zero-order valence-corrected chi connectivity index (χ0v) is 10.4. The minimum absolute atomic E-state index is 0. The van der Waals surface area contributed by atoms with Crippen molar-refractivity contribution in [2.75, 3.05) is 0 Å². The van der Waals surface area contributed by atoms with Crippen LogP contribution in [-0.2, 0) is 9.59 Å². The van der Waals surface area contributed by atoms with Crippen molar-refractivity contribution in [1.29, 1.82) is 0 Å². The second kappa shape index (κ2) is 18.7. The molecular weight excluding hydrogens is 245 g/mol. The van der Waals surface area contributed by atoms with Gasteiger partial charge in [-0.2, -0.15) is 0 Å². The second-order valence-corrected chi connectivity index (χ2v) is 3.20. The van der Waals surface area contributed by atoms with Crippen LogP contribution in [0, 0.1) is 0 Å². The molecule has 6 heteroatoms. The third kappa shape index (κ3) is 29.5. The van der Waals surface area contributed by atoms with Crippen LogP contribution in [0.25, 0.3) is 0 Å². The predicted molar refractivity (Wildman–Crippen MR) is 74.5 cm³/mol. The number of aliphatic carboxylic acids is 2. The third-order valence-electron chi connectivity index (χ3n) is 1.59. The van der Waals surface area contributed by atoms with Gasteiger partial charge in [-0.05, 0) is 6.42 Å². The van der Waals surface area contributed by atoms with Crippen LogP contribution in [0.5, 0.6) is 0 Å². The summed E-state index contributed by atoms with van der Waals surface area (Å²) in [7, 11) is 0. The van der Waals surface area contributed by atoms with E-state index in [1.807, 2.05) is 6.08 Å². The van der Waals surface area contributed by atoms with Gasteiger partial charge in [0.05, 0.1) is 6.42 Å². The number of nitrogens with zero attached hydrogens (tertiary/aromatic N) is 1. The van der Waals surface area contributed by atoms with Crippen molar-refractivity contribution in [3.63, 3.8) is 0 Å². The average molecular weight is 267 g/mol. The van der Waals surface area contributed by atoms with Gasteiger partial charge in [-0.15, -0.1) is 0 Å². The summed E-state index contributed by atoms with van der Waals surface area (Å²) in [6.45, 7) is 3.73. The normalized spacial score (nSPS) is 9.67. The summed E-state index contributed by atoms with van der Waals surface area (Å²) in [5.74, 6) is -1.59. The van der Waals surface area contributed by atoms with Crippen molar-refractivity contribution in [3.8, 4) is 0 Å². The van der Waals surface area contributed by atoms with Crippen LogP contribution in [0.4, 0.5) is 0 Å². The predicted octanol–water partition coefficient (Wildman–Crippen LogP) is 2.07. The number of aliphatic imine (C=N–C) groups is 1. The number of carbonyl (C=O) groups is 2. The molecule has 0 spiro atoms. The molecule has 18 heavy (non-hydrogen) atoms. The Balaban J connectivity index is -0.000000321. The fourth-order valence-electron chi connectivity index (χ4n) is 0.649. The molecule has 5 nitrogen and oxygen atoms in total. The number of carboxylic acids is 2. The van der Waals surface area contributed by atoms with Crippen molar-refractivity contribution in [3.05, 3.63) is 12.3 Å². The van der Waals surface area contributed by atoms with Crippen molar-refractivity contribution >= 4 is 47.7 Å². The first-order valence-corrected chi connectivity index (χ1v) is 5.64. The zero-order chi connectivity index (χ0) is 13.5. The van der Waals surface area contributed by atoms with Gasteiger partial charge in [-0.1, -0.05) is 32.8 Å². The molecule has 0 unspecified atom stereocenters. The zero-order valence-electron chi connectivity index (χ0n) is 10.4. The Hall–Kier alpha value is -0.650. The molecule has 0 aliphatic heterocycles. The number of rotatable bonds is 7. The molecule has 0 atom stereocenters. The monoisotopic (exact) mass is 267 g/mol. The van der Waals surface area contributed by atoms with E-state index in [0.717, 1.165) is 12.8 Å². The molecule has 0 radical (unpaired) electrons. The van der Waals surface area contributed by atoms with Crippen LogP contribution in [0.1, 0.15) is 46.0 Å². The van der Waals surface area contributed by atoms with E-state index in [9.17, 15) is 9.59 Å². The molecule has 0 amide bonds. The summed E-state index contributed by atoms with van der Waals surface area (Å²) >= 11 is 0. The van der Waals surface area contributed by atoms with Crippen LogP contribution < -0.4 is 0 Å². The summed E-state index contributed by atoms with van der Waals surface area (Å²) in [6, 6.07) is 0. The van der Waals surface area contributed by atoms with Gasteiger partial charge < -0.3 is 10.2 Å². The van der Waals surface area contributed by atoms with Gasteiger partial charge in [-0.3, -0.25) is 14.6 Å². The first-order chi connectivity index (χ1) is 8.04. The maximum atomic E-state index is 10.0. The molecule has 0 saturated carbocycles. The first kappa shape index (κ1) is 22.5. The van der Waals surface area contributed by atoms with Gasteiger partial charge in [0.25, 0.3) is 0 Å². The Morgan fingerprint density at radius 2 is 1.72 bits per heavy atom. The molecule has 0 aliphatic carbocycles. The quantitative estimate of drug-likeness (QED) is 0.420. The summed E-state index contributed by atoms with van der Waals surface area (Å²) in [5, 5.41) is 16.0. The summed E-state index contributed by atoms with van der Waals surface area (Å²) < 4.78 is 0. The molecule has 0 bridgehead atoms. The molecule has 0 fully saturated rings. The molecule has 0 aliphatic rings. The Bertz CT molecular complexity index is 265. The van der Waals surface area contributed by atoms with E-state index in [2.05, 4.69) is 11.9 Å². The van der Waals surface area contributed by atoms with Gasteiger partial charge in [0.1, 0.15) is 0 Å². The molecule has 0 aromatic carbocycles. The van der Waals surface area contributed by atoms with Crippen molar-refractivity contribution in [2.24, 2.45) is 4.99 Å². The van der Waals surface area contributed by atoms with Crippen LogP contribution in [0.2, 0.25) is 0 Å². The van der Waals surface area contributed by atoms with Gasteiger partial charge in [-0.25, -0.2) is 0 Å². The van der Waals surface area contributed by atoms with E-state index in [-0.39, 0.29) is 42.4 Å². The number of carboxylic acid groups (broad SMARTS) is 2. The van der Waals surface area contributed by atoms with E-state index < -0.39 is 11.9 Å². The summed E-state index contributed by atoms with van der Waals surface area (Å²) in [5.41, 5.74) is 0. The van der Waals surface area contributed by atoms with Gasteiger partial charge in [0.15, 0.2) is 0 Å². The average Bonchev–Trinajstić information content (AvgIpc) is 2.28. The van der Waals surface area contributed by atoms with E-state index in [1.54, 1.807) is 13.1 Å². The Kier molecular flexibility index (Phi) is 23.4. The topological polar surface area (TPSA) is 87.0 Å². The van der Waals surface area contributed by atoms with E-state index in [4.69, 9.17) is 10.2 Å². The molecule has 0 saturated heterocycles. The van der Waals surface area contributed by atoms with Crippen LogP contribution in [0.3, 0.4) is 0 Å². The number of unbranched alkanes of at least 4 members (excludes halogenated alkanes) is 2. The standard InChI is InChI=1S/C9H15NO2.C3H6O2.Na.H/c1-2-3-4-5-7-10-8-6-9(11)12;1-2-3(4)5;;/h5,7-8H,2-4,6H2,1H3,(H,11,12);2H2,1H3,(H,4,5);;. The van der Waals surface area contributed by atoms with E-state index >= 15 is 0 Å².